The Morgan fingerprint density at radius 2 is 1.85 bits per heavy atom. The molecule has 2 aromatic carbocycles. The lowest BCUT2D eigenvalue weighted by Gasteiger charge is -2.22. The molecule has 27 heavy (non-hydrogen) atoms. The number of aliphatic hydroxyl groups is 1. The summed E-state index contributed by atoms with van der Waals surface area (Å²) in [5, 5.41) is 21.3. The van der Waals surface area contributed by atoms with E-state index in [2.05, 4.69) is 5.32 Å². The van der Waals surface area contributed by atoms with Crippen LogP contribution >= 0.6 is 0 Å². The van der Waals surface area contributed by atoms with Crippen LogP contribution in [0.1, 0.15) is 18.1 Å². The highest BCUT2D eigenvalue weighted by atomic mass is 19.4. The van der Waals surface area contributed by atoms with Crippen molar-refractivity contribution in [2.24, 2.45) is 0 Å². The van der Waals surface area contributed by atoms with E-state index in [4.69, 9.17) is 5.26 Å². The quantitative estimate of drug-likeness (QED) is 0.621. The zero-order chi connectivity index (χ0) is 20.2. The van der Waals surface area contributed by atoms with E-state index < -0.39 is 34.6 Å². The van der Waals surface area contributed by atoms with Crippen LogP contribution in [0.2, 0.25) is 6.32 Å². The Balaban J connectivity index is 2.11. The zero-order valence-corrected chi connectivity index (χ0v) is 14.3. The molecule has 0 aliphatic heterocycles. The van der Waals surface area contributed by atoms with Gasteiger partial charge in [0.05, 0.1) is 17.2 Å². The van der Waals surface area contributed by atoms with Crippen molar-refractivity contribution in [3.05, 3.63) is 59.4 Å². The highest BCUT2D eigenvalue weighted by molar-refractivity contribution is 6.54. The van der Waals surface area contributed by atoms with Crippen LogP contribution in [0.25, 0.3) is 0 Å². The zero-order valence-electron chi connectivity index (χ0n) is 14.3. The van der Waals surface area contributed by atoms with E-state index in [1.807, 2.05) is 0 Å². The van der Waals surface area contributed by atoms with Crippen molar-refractivity contribution in [1.29, 1.82) is 5.26 Å². The summed E-state index contributed by atoms with van der Waals surface area (Å²) in [5.41, 5.74) is -3.09. The first-order chi connectivity index (χ1) is 12.5. The molecule has 0 saturated carbocycles. The van der Waals surface area contributed by atoms with Gasteiger partial charge >= 0.3 is 6.18 Å². The molecule has 0 aliphatic carbocycles. The van der Waals surface area contributed by atoms with Gasteiger partial charge in [0.1, 0.15) is 11.4 Å². The molecule has 0 heterocycles. The molecule has 0 bridgehead atoms. The van der Waals surface area contributed by atoms with Crippen molar-refractivity contribution in [2.45, 2.75) is 25.0 Å². The van der Waals surface area contributed by atoms with Crippen LogP contribution < -0.4 is 10.8 Å². The molecule has 9 heteroatoms. The molecule has 1 atom stereocenters. The minimum atomic E-state index is -4.75. The lowest BCUT2D eigenvalue weighted by molar-refractivity contribution is -0.137. The molecule has 0 aromatic heterocycles. The van der Waals surface area contributed by atoms with Gasteiger partial charge in [-0.2, -0.15) is 18.4 Å². The SMILES string of the molecule is CC(O)(CBc1ccc(F)cc1)C(=O)Nc1ccc(C#N)c(C(F)(F)F)c1. The Morgan fingerprint density at radius 3 is 2.41 bits per heavy atom. The molecule has 1 unspecified atom stereocenters. The van der Waals surface area contributed by atoms with Gasteiger partial charge in [-0.05, 0) is 43.6 Å². The van der Waals surface area contributed by atoms with E-state index in [0.717, 1.165) is 12.1 Å². The van der Waals surface area contributed by atoms with Crippen LogP contribution in [0.15, 0.2) is 42.5 Å². The van der Waals surface area contributed by atoms with Gasteiger partial charge in [0.15, 0.2) is 7.28 Å². The van der Waals surface area contributed by atoms with Gasteiger partial charge in [-0.3, -0.25) is 4.79 Å². The summed E-state index contributed by atoms with van der Waals surface area (Å²) in [7, 11) is 0.266. The predicted octanol–water partition coefficient (Wildman–Crippen LogP) is 2.59. The van der Waals surface area contributed by atoms with Gasteiger partial charge in [0.2, 0.25) is 0 Å². The second-order valence-electron chi connectivity index (χ2n) is 6.22. The van der Waals surface area contributed by atoms with Crippen LogP contribution in [0, 0.1) is 17.1 Å². The first kappa shape index (κ1) is 20.5. The Morgan fingerprint density at radius 1 is 1.22 bits per heavy atom. The standard InChI is InChI=1S/C18H15BF4N2O2/c1-17(27,10-19-12-3-5-13(20)6-4-12)16(26)25-14-7-2-11(9-24)15(8-14)18(21,22)23/h2-8,19,27H,10H2,1H3,(H,25,26). The average molecular weight is 378 g/mol. The fourth-order valence-corrected chi connectivity index (χ4v) is 2.37. The first-order valence-corrected chi connectivity index (χ1v) is 7.92. The number of alkyl halides is 3. The maximum atomic E-state index is 13.0. The molecule has 0 spiro atoms. The Labute approximate surface area is 153 Å². The number of nitrogens with one attached hydrogen (secondary N) is 1. The lowest BCUT2D eigenvalue weighted by Crippen LogP contribution is -2.42. The molecule has 0 aliphatic rings. The molecule has 2 N–H and O–H groups in total. The van der Waals surface area contributed by atoms with Gasteiger partial charge in [-0.1, -0.05) is 17.6 Å². The Bertz CT molecular complexity index is 874. The molecular weight excluding hydrogens is 363 g/mol. The highest BCUT2D eigenvalue weighted by Crippen LogP contribution is 2.33. The second kappa shape index (κ2) is 7.80. The molecular formula is C18H15BF4N2O2. The third-order valence-electron chi connectivity index (χ3n) is 4.01. The first-order valence-electron chi connectivity index (χ1n) is 7.92. The molecule has 0 fully saturated rings. The summed E-state index contributed by atoms with van der Waals surface area (Å²) in [6, 6.07) is 9.72. The predicted molar refractivity (Wildman–Crippen MR) is 93.4 cm³/mol. The minimum Gasteiger partial charge on any atom is -0.381 e. The van der Waals surface area contributed by atoms with Crippen LogP contribution in [0.3, 0.4) is 0 Å². The average Bonchev–Trinajstić information content (AvgIpc) is 2.60. The highest BCUT2D eigenvalue weighted by Gasteiger charge is 2.35. The number of nitriles is 1. The van der Waals surface area contributed by atoms with Gasteiger partial charge in [0, 0.05) is 5.69 Å². The largest absolute Gasteiger partial charge is 0.417 e. The van der Waals surface area contributed by atoms with Crippen molar-refractivity contribution >= 4 is 24.3 Å². The van der Waals surface area contributed by atoms with E-state index in [-0.39, 0.29) is 19.3 Å². The van der Waals surface area contributed by atoms with E-state index >= 15 is 0 Å². The van der Waals surface area contributed by atoms with Crippen LogP contribution in [-0.2, 0) is 11.0 Å². The van der Waals surface area contributed by atoms with Crippen molar-refractivity contribution in [3.63, 3.8) is 0 Å². The fourth-order valence-electron chi connectivity index (χ4n) is 2.37. The van der Waals surface area contributed by atoms with Crippen molar-refractivity contribution < 1.29 is 27.5 Å². The summed E-state index contributed by atoms with van der Waals surface area (Å²) in [6.45, 7) is 1.24. The van der Waals surface area contributed by atoms with Gasteiger partial charge in [0.25, 0.3) is 5.91 Å². The van der Waals surface area contributed by atoms with Gasteiger partial charge in [-0.15, -0.1) is 0 Å². The maximum absolute atomic E-state index is 13.0. The summed E-state index contributed by atoms with van der Waals surface area (Å²) in [6.07, 6.45) is -4.77. The van der Waals surface area contributed by atoms with Crippen LogP contribution in [0.5, 0.6) is 0 Å². The topological polar surface area (TPSA) is 73.1 Å². The number of nitrogens with zero attached hydrogens (tertiary/aromatic N) is 1. The number of rotatable bonds is 5. The Hall–Kier alpha value is -2.86. The number of carbonyl (C=O) groups is 1. The third-order valence-corrected chi connectivity index (χ3v) is 4.01. The van der Waals surface area contributed by atoms with Crippen LogP contribution in [0.4, 0.5) is 23.2 Å². The summed E-state index contributed by atoms with van der Waals surface area (Å²) >= 11 is 0. The van der Waals surface area contributed by atoms with Crippen molar-refractivity contribution in [1.82, 2.24) is 0 Å². The lowest BCUT2D eigenvalue weighted by atomic mass is 9.62. The number of halogens is 4. The smallest absolute Gasteiger partial charge is 0.381 e. The summed E-state index contributed by atoms with van der Waals surface area (Å²) in [4.78, 5) is 12.3. The summed E-state index contributed by atoms with van der Waals surface area (Å²) < 4.78 is 51.8. The molecule has 4 nitrogen and oxygen atoms in total. The molecule has 140 valence electrons. The molecule has 0 saturated heterocycles. The number of benzene rings is 2. The number of hydrogen-bond donors (Lipinski definition) is 2. The van der Waals surface area contributed by atoms with Crippen molar-refractivity contribution in [2.75, 3.05) is 5.32 Å². The minimum absolute atomic E-state index is 0.0210. The number of carbonyl (C=O) groups excluding carboxylic acids is 1. The van der Waals surface area contributed by atoms with E-state index in [0.29, 0.717) is 11.5 Å². The number of hydrogen-bond acceptors (Lipinski definition) is 3. The van der Waals surface area contributed by atoms with E-state index in [1.165, 1.54) is 37.3 Å². The van der Waals surface area contributed by atoms with Crippen LogP contribution in [-0.4, -0.2) is 23.9 Å². The van der Waals surface area contributed by atoms with E-state index in [9.17, 15) is 27.5 Å². The molecule has 2 aromatic rings. The monoisotopic (exact) mass is 378 g/mol. The van der Waals surface area contributed by atoms with Gasteiger partial charge in [-0.25, -0.2) is 4.39 Å². The van der Waals surface area contributed by atoms with Crippen molar-refractivity contribution in [3.8, 4) is 6.07 Å². The number of amides is 1. The number of anilines is 1. The molecule has 0 radical (unpaired) electrons. The third kappa shape index (κ3) is 5.31. The summed E-state index contributed by atoms with van der Waals surface area (Å²) in [5.74, 6) is -1.30. The maximum Gasteiger partial charge on any atom is 0.417 e. The fraction of sp³-hybridized carbons (Fsp3) is 0.222. The van der Waals surface area contributed by atoms with Gasteiger partial charge < -0.3 is 10.4 Å². The molecule has 2 rings (SSSR count). The normalized spacial score (nSPS) is 13.4. The van der Waals surface area contributed by atoms with E-state index in [1.54, 1.807) is 0 Å². The Kier molecular flexibility index (Phi) is 5.91. The molecule has 1 amide bonds. The second-order valence-corrected chi connectivity index (χ2v) is 6.22.